The summed E-state index contributed by atoms with van der Waals surface area (Å²) in [5.41, 5.74) is 4.53. The zero-order chi connectivity index (χ0) is 22.7. The maximum Gasteiger partial charge on any atom is 0.144 e. The molecule has 0 radical (unpaired) electrons. The number of halogens is 1. The smallest absolute Gasteiger partial charge is 0.144 e. The van der Waals surface area contributed by atoms with Crippen LogP contribution in [-0.2, 0) is 0 Å². The van der Waals surface area contributed by atoms with Crippen LogP contribution >= 0.6 is 0 Å². The minimum atomic E-state index is -0.242. The highest BCUT2D eigenvalue weighted by molar-refractivity contribution is 5.74. The number of imidazole rings is 1. The van der Waals surface area contributed by atoms with Gasteiger partial charge in [0.05, 0.1) is 5.70 Å². The standard InChI is InChI=1S/C24H31FN2.C3H8/c1-7-19(15-17(3)4)23(20(8-2)16-18(5)6)27-14-13-26-24(27)21-9-11-22(25)12-10-21;1-3-2/h7-14,17-18H,1,15-16H2,2-6H3;3H2,1-2H3/b20-8-,23-19-;. The Hall–Kier alpha value is -2.42. The SMILES string of the molecule is C=C/C(CC(C)C)=C(\C(=C/C)CC(C)C)n1ccnc1-c1ccc(F)cc1.CCC. The molecule has 0 saturated carbocycles. The zero-order valence-electron chi connectivity index (χ0n) is 19.9. The molecular formula is C27H39FN2. The average molecular weight is 411 g/mol. The van der Waals surface area contributed by atoms with E-state index >= 15 is 0 Å². The highest BCUT2D eigenvalue weighted by atomic mass is 19.1. The first-order chi connectivity index (χ1) is 14.3. The summed E-state index contributed by atoms with van der Waals surface area (Å²) >= 11 is 0. The van der Waals surface area contributed by atoms with Crippen LogP contribution in [0.15, 0.2) is 66.5 Å². The van der Waals surface area contributed by atoms with Crippen LogP contribution in [0.25, 0.3) is 17.1 Å². The third-order valence-electron chi connectivity index (χ3n) is 4.44. The van der Waals surface area contributed by atoms with Crippen molar-refractivity contribution in [3.05, 3.63) is 72.4 Å². The van der Waals surface area contributed by atoms with E-state index in [0.717, 1.165) is 29.9 Å². The Kier molecular flexibility index (Phi) is 11.1. The van der Waals surface area contributed by atoms with Gasteiger partial charge in [0.25, 0.3) is 0 Å². The molecule has 0 amide bonds. The fourth-order valence-corrected chi connectivity index (χ4v) is 3.32. The second-order valence-corrected chi connectivity index (χ2v) is 8.42. The summed E-state index contributed by atoms with van der Waals surface area (Å²) in [4.78, 5) is 4.57. The van der Waals surface area contributed by atoms with Crippen LogP contribution in [0, 0.1) is 17.7 Å². The first-order valence-corrected chi connectivity index (χ1v) is 11.1. The van der Waals surface area contributed by atoms with E-state index in [1.807, 2.05) is 12.3 Å². The number of nitrogens with zero attached hydrogens (tertiary/aromatic N) is 2. The van der Waals surface area contributed by atoms with Gasteiger partial charge in [-0.1, -0.05) is 66.7 Å². The number of allylic oxidation sites excluding steroid dienone is 5. The van der Waals surface area contributed by atoms with E-state index in [1.165, 1.54) is 29.7 Å². The molecule has 30 heavy (non-hydrogen) atoms. The third kappa shape index (κ3) is 7.44. The number of benzene rings is 1. The van der Waals surface area contributed by atoms with Crippen molar-refractivity contribution in [3.8, 4) is 11.4 Å². The van der Waals surface area contributed by atoms with Crippen molar-refractivity contribution in [2.75, 3.05) is 0 Å². The largest absolute Gasteiger partial charge is 0.299 e. The molecule has 164 valence electrons. The lowest BCUT2D eigenvalue weighted by Gasteiger charge is -2.22. The maximum absolute atomic E-state index is 13.4. The lowest BCUT2D eigenvalue weighted by Crippen LogP contribution is -2.08. The lowest BCUT2D eigenvalue weighted by molar-refractivity contribution is 0.628. The minimum absolute atomic E-state index is 0.242. The second kappa shape index (κ2) is 13.0. The van der Waals surface area contributed by atoms with E-state index in [0.29, 0.717) is 11.8 Å². The van der Waals surface area contributed by atoms with Gasteiger partial charge in [0.1, 0.15) is 11.6 Å². The van der Waals surface area contributed by atoms with Crippen LogP contribution in [0.1, 0.15) is 67.7 Å². The molecule has 0 atom stereocenters. The minimum Gasteiger partial charge on any atom is -0.299 e. The Bertz CT molecular complexity index is 836. The van der Waals surface area contributed by atoms with Gasteiger partial charge in [0, 0.05) is 18.0 Å². The summed E-state index contributed by atoms with van der Waals surface area (Å²) in [6, 6.07) is 6.51. The number of hydrogen-bond acceptors (Lipinski definition) is 1. The van der Waals surface area contributed by atoms with Crippen molar-refractivity contribution in [1.82, 2.24) is 9.55 Å². The molecule has 0 aliphatic rings. The van der Waals surface area contributed by atoms with Gasteiger partial charge in [-0.05, 0) is 67.0 Å². The molecule has 1 heterocycles. The van der Waals surface area contributed by atoms with Crippen LogP contribution in [0.3, 0.4) is 0 Å². The summed E-state index contributed by atoms with van der Waals surface area (Å²) in [5.74, 6) is 1.63. The molecule has 2 aromatic rings. The van der Waals surface area contributed by atoms with Crippen LogP contribution in [0.4, 0.5) is 4.39 Å². The summed E-state index contributed by atoms with van der Waals surface area (Å²) in [7, 11) is 0. The average Bonchev–Trinajstić information content (AvgIpc) is 3.16. The Balaban J connectivity index is 0.00000141. The molecule has 1 aromatic carbocycles. The summed E-state index contributed by atoms with van der Waals surface area (Å²) in [6.45, 7) is 19.3. The van der Waals surface area contributed by atoms with Gasteiger partial charge < -0.3 is 0 Å². The van der Waals surface area contributed by atoms with E-state index in [1.54, 1.807) is 18.3 Å². The highest BCUT2D eigenvalue weighted by Crippen LogP contribution is 2.33. The fourth-order valence-electron chi connectivity index (χ4n) is 3.32. The molecule has 0 spiro atoms. The van der Waals surface area contributed by atoms with Crippen molar-refractivity contribution in [3.63, 3.8) is 0 Å². The van der Waals surface area contributed by atoms with Gasteiger partial charge in [-0.3, -0.25) is 4.57 Å². The van der Waals surface area contributed by atoms with E-state index in [9.17, 15) is 4.39 Å². The van der Waals surface area contributed by atoms with Crippen molar-refractivity contribution in [2.45, 2.75) is 67.7 Å². The number of hydrogen-bond donors (Lipinski definition) is 0. The molecule has 0 aliphatic carbocycles. The van der Waals surface area contributed by atoms with Crippen molar-refractivity contribution < 1.29 is 4.39 Å². The third-order valence-corrected chi connectivity index (χ3v) is 4.44. The summed E-state index contributed by atoms with van der Waals surface area (Å²) < 4.78 is 15.5. The monoisotopic (exact) mass is 410 g/mol. The number of rotatable bonds is 8. The number of aromatic nitrogens is 2. The Labute approximate surface area is 183 Å². The second-order valence-electron chi connectivity index (χ2n) is 8.42. The van der Waals surface area contributed by atoms with Crippen LogP contribution < -0.4 is 0 Å². The van der Waals surface area contributed by atoms with Crippen LogP contribution in [0.2, 0.25) is 0 Å². The molecule has 0 unspecified atom stereocenters. The molecule has 0 bridgehead atoms. The van der Waals surface area contributed by atoms with Crippen molar-refractivity contribution in [2.24, 2.45) is 11.8 Å². The predicted octanol–water partition coefficient (Wildman–Crippen LogP) is 8.54. The fraction of sp³-hybridized carbons (Fsp3) is 0.444. The summed E-state index contributed by atoms with van der Waals surface area (Å²) in [6.07, 6.45) is 11.1. The van der Waals surface area contributed by atoms with Crippen molar-refractivity contribution >= 4 is 5.70 Å². The lowest BCUT2D eigenvalue weighted by atomic mass is 9.93. The molecule has 3 heteroatoms. The van der Waals surface area contributed by atoms with Crippen LogP contribution in [-0.4, -0.2) is 9.55 Å². The van der Waals surface area contributed by atoms with E-state index in [-0.39, 0.29) is 5.82 Å². The molecule has 0 fully saturated rings. The molecule has 2 nitrogen and oxygen atoms in total. The Morgan fingerprint density at radius 3 is 2.10 bits per heavy atom. The van der Waals surface area contributed by atoms with E-state index in [2.05, 4.69) is 70.7 Å². The van der Waals surface area contributed by atoms with Gasteiger partial charge >= 0.3 is 0 Å². The van der Waals surface area contributed by atoms with Gasteiger partial charge in [0.2, 0.25) is 0 Å². The van der Waals surface area contributed by atoms with Gasteiger partial charge in [0.15, 0.2) is 0 Å². The molecule has 0 saturated heterocycles. The first-order valence-electron chi connectivity index (χ1n) is 11.1. The zero-order valence-corrected chi connectivity index (χ0v) is 19.9. The molecule has 0 N–H and O–H groups in total. The molecule has 0 aliphatic heterocycles. The Morgan fingerprint density at radius 2 is 1.63 bits per heavy atom. The maximum atomic E-state index is 13.4. The summed E-state index contributed by atoms with van der Waals surface area (Å²) in [5, 5.41) is 0. The van der Waals surface area contributed by atoms with Gasteiger partial charge in [-0.15, -0.1) is 0 Å². The van der Waals surface area contributed by atoms with E-state index in [4.69, 9.17) is 0 Å². The predicted molar refractivity (Wildman–Crippen MR) is 130 cm³/mol. The molecule has 1 aromatic heterocycles. The molecule has 2 rings (SSSR count). The van der Waals surface area contributed by atoms with Crippen molar-refractivity contribution in [1.29, 1.82) is 0 Å². The quantitative estimate of drug-likeness (QED) is 0.399. The first kappa shape index (κ1) is 25.6. The normalized spacial score (nSPS) is 12.5. The van der Waals surface area contributed by atoms with Gasteiger partial charge in [-0.2, -0.15) is 0 Å². The van der Waals surface area contributed by atoms with Gasteiger partial charge in [-0.25, -0.2) is 9.37 Å². The van der Waals surface area contributed by atoms with E-state index < -0.39 is 0 Å². The highest BCUT2D eigenvalue weighted by Gasteiger charge is 2.18. The topological polar surface area (TPSA) is 17.8 Å². The van der Waals surface area contributed by atoms with Crippen LogP contribution in [0.5, 0.6) is 0 Å². The molecular weight excluding hydrogens is 371 g/mol. The Morgan fingerprint density at radius 1 is 1.07 bits per heavy atom.